The maximum absolute atomic E-state index is 5.70. The number of aryl methyl sites for hydroxylation is 1. The molecule has 2 rings (SSSR count). The molecule has 2 N–H and O–H groups in total. The summed E-state index contributed by atoms with van der Waals surface area (Å²) in [4.78, 5) is 0. The lowest BCUT2D eigenvalue weighted by molar-refractivity contribution is 0.262. The lowest BCUT2D eigenvalue weighted by Gasteiger charge is -2.27. The maximum Gasteiger partial charge on any atom is 0.136 e. The summed E-state index contributed by atoms with van der Waals surface area (Å²) in [7, 11) is 0. The van der Waals surface area contributed by atoms with Gasteiger partial charge in [-0.2, -0.15) is 0 Å². The molecule has 1 aromatic carbocycles. The van der Waals surface area contributed by atoms with E-state index in [0.717, 1.165) is 36.2 Å². The van der Waals surface area contributed by atoms with Gasteiger partial charge in [0.2, 0.25) is 0 Å². The van der Waals surface area contributed by atoms with Crippen LogP contribution in [0.4, 0.5) is 0 Å². The summed E-state index contributed by atoms with van der Waals surface area (Å²) in [5, 5.41) is 0. The lowest BCUT2D eigenvalue weighted by Crippen LogP contribution is -2.17. The van der Waals surface area contributed by atoms with Crippen LogP contribution < -0.4 is 10.5 Å². The molecule has 0 aliphatic carbocycles. The van der Waals surface area contributed by atoms with Crippen LogP contribution >= 0.6 is 15.9 Å². The van der Waals surface area contributed by atoms with E-state index < -0.39 is 0 Å². The first-order valence-corrected chi connectivity index (χ1v) is 6.14. The van der Waals surface area contributed by atoms with Crippen LogP contribution in [0.15, 0.2) is 16.6 Å². The Labute approximate surface area is 98.9 Å². The largest absolute Gasteiger partial charge is 0.492 e. The Morgan fingerprint density at radius 3 is 3.07 bits per heavy atom. The summed E-state index contributed by atoms with van der Waals surface area (Å²) in [5.74, 6) is 1.58. The van der Waals surface area contributed by atoms with E-state index in [1.54, 1.807) is 0 Å². The zero-order valence-electron chi connectivity index (χ0n) is 8.92. The minimum Gasteiger partial charge on any atom is -0.492 e. The van der Waals surface area contributed by atoms with Gasteiger partial charge in [0.1, 0.15) is 5.75 Å². The van der Waals surface area contributed by atoms with Crippen LogP contribution in [-0.2, 0) is 0 Å². The highest BCUT2D eigenvalue weighted by Crippen LogP contribution is 2.40. The smallest absolute Gasteiger partial charge is 0.136 e. The molecular weight excluding hydrogens is 254 g/mol. The standard InChI is InChI=1S/C12H16BrNO/c1-8-6-10-9(2-4-14)3-5-15-12(10)11(13)7-8/h6-7,9H,2-5,14H2,1H3. The maximum atomic E-state index is 5.70. The van der Waals surface area contributed by atoms with Crippen molar-refractivity contribution in [1.29, 1.82) is 0 Å². The van der Waals surface area contributed by atoms with Crippen LogP contribution in [0, 0.1) is 6.92 Å². The van der Waals surface area contributed by atoms with Gasteiger partial charge in [0.05, 0.1) is 11.1 Å². The second-order valence-electron chi connectivity index (χ2n) is 4.08. The van der Waals surface area contributed by atoms with Crippen molar-refractivity contribution in [2.24, 2.45) is 5.73 Å². The van der Waals surface area contributed by atoms with Crippen molar-refractivity contribution < 1.29 is 4.74 Å². The van der Waals surface area contributed by atoms with Gasteiger partial charge in [-0.25, -0.2) is 0 Å². The van der Waals surface area contributed by atoms with Crippen LogP contribution in [0.5, 0.6) is 5.75 Å². The number of fused-ring (bicyclic) bond motifs is 1. The fraction of sp³-hybridized carbons (Fsp3) is 0.500. The Kier molecular flexibility index (Phi) is 3.32. The molecule has 0 radical (unpaired) electrons. The Balaban J connectivity index is 2.41. The zero-order valence-corrected chi connectivity index (χ0v) is 10.5. The van der Waals surface area contributed by atoms with Crippen LogP contribution in [0.3, 0.4) is 0 Å². The topological polar surface area (TPSA) is 35.2 Å². The number of hydrogen-bond donors (Lipinski definition) is 1. The molecule has 0 aromatic heterocycles. The van der Waals surface area contributed by atoms with Gasteiger partial charge in [0.15, 0.2) is 0 Å². The van der Waals surface area contributed by atoms with E-state index in [2.05, 4.69) is 35.0 Å². The molecule has 1 heterocycles. The van der Waals surface area contributed by atoms with Gasteiger partial charge in [-0.05, 0) is 65.4 Å². The number of rotatable bonds is 2. The van der Waals surface area contributed by atoms with Crippen molar-refractivity contribution in [2.45, 2.75) is 25.7 Å². The van der Waals surface area contributed by atoms with Gasteiger partial charge in [0, 0.05) is 0 Å². The third-order valence-electron chi connectivity index (χ3n) is 2.88. The van der Waals surface area contributed by atoms with Crippen LogP contribution in [0.1, 0.15) is 29.9 Å². The van der Waals surface area contributed by atoms with Crippen molar-refractivity contribution in [3.8, 4) is 5.75 Å². The minimum atomic E-state index is 0.565. The Morgan fingerprint density at radius 1 is 1.53 bits per heavy atom. The highest BCUT2D eigenvalue weighted by Gasteiger charge is 2.22. The van der Waals surface area contributed by atoms with Crippen LogP contribution in [0.2, 0.25) is 0 Å². The summed E-state index contributed by atoms with van der Waals surface area (Å²) in [6, 6.07) is 4.32. The zero-order chi connectivity index (χ0) is 10.8. The Morgan fingerprint density at radius 2 is 2.33 bits per heavy atom. The van der Waals surface area contributed by atoms with Crippen molar-refractivity contribution in [3.63, 3.8) is 0 Å². The third kappa shape index (κ3) is 2.18. The third-order valence-corrected chi connectivity index (χ3v) is 3.47. The summed E-state index contributed by atoms with van der Waals surface area (Å²) >= 11 is 3.56. The summed E-state index contributed by atoms with van der Waals surface area (Å²) in [6.07, 6.45) is 2.13. The molecule has 1 unspecified atom stereocenters. The summed E-state index contributed by atoms with van der Waals surface area (Å²) in [6.45, 7) is 3.66. The van der Waals surface area contributed by atoms with Gasteiger partial charge in [0.25, 0.3) is 0 Å². The molecule has 0 saturated heterocycles. The summed E-state index contributed by atoms with van der Waals surface area (Å²) in [5.41, 5.74) is 8.23. The van der Waals surface area contributed by atoms with Crippen molar-refractivity contribution in [3.05, 3.63) is 27.7 Å². The predicted molar refractivity (Wildman–Crippen MR) is 65.4 cm³/mol. The van der Waals surface area contributed by atoms with Gasteiger partial charge in [-0.1, -0.05) is 6.07 Å². The van der Waals surface area contributed by atoms with Gasteiger partial charge in [-0.15, -0.1) is 0 Å². The number of nitrogens with two attached hydrogens (primary N) is 1. The van der Waals surface area contributed by atoms with Crippen LogP contribution in [0.25, 0.3) is 0 Å². The van der Waals surface area contributed by atoms with Crippen molar-refractivity contribution in [2.75, 3.05) is 13.2 Å². The molecule has 0 bridgehead atoms. The first-order valence-electron chi connectivity index (χ1n) is 5.35. The second kappa shape index (κ2) is 4.54. The number of ether oxygens (including phenoxy) is 1. The Hall–Kier alpha value is -0.540. The van der Waals surface area contributed by atoms with Gasteiger partial charge in [-0.3, -0.25) is 0 Å². The van der Waals surface area contributed by atoms with E-state index in [0.29, 0.717) is 5.92 Å². The molecule has 1 aliphatic rings. The fourth-order valence-electron chi connectivity index (χ4n) is 2.17. The van der Waals surface area contributed by atoms with E-state index in [1.165, 1.54) is 11.1 Å². The highest BCUT2D eigenvalue weighted by atomic mass is 79.9. The molecule has 1 aromatic rings. The van der Waals surface area contributed by atoms with Crippen molar-refractivity contribution >= 4 is 15.9 Å². The van der Waals surface area contributed by atoms with E-state index in [-0.39, 0.29) is 0 Å². The highest BCUT2D eigenvalue weighted by molar-refractivity contribution is 9.10. The van der Waals surface area contributed by atoms with Gasteiger partial charge >= 0.3 is 0 Å². The van der Waals surface area contributed by atoms with Crippen LogP contribution in [-0.4, -0.2) is 13.2 Å². The molecule has 1 atom stereocenters. The van der Waals surface area contributed by atoms with E-state index in [4.69, 9.17) is 10.5 Å². The quantitative estimate of drug-likeness (QED) is 0.896. The molecule has 82 valence electrons. The monoisotopic (exact) mass is 269 g/mol. The van der Waals surface area contributed by atoms with E-state index in [9.17, 15) is 0 Å². The Bertz CT molecular complexity index is 365. The first-order chi connectivity index (χ1) is 7.22. The van der Waals surface area contributed by atoms with Gasteiger partial charge < -0.3 is 10.5 Å². The molecule has 3 heteroatoms. The molecule has 0 amide bonds. The van der Waals surface area contributed by atoms with Crippen molar-refractivity contribution in [1.82, 2.24) is 0 Å². The molecule has 0 saturated carbocycles. The number of halogens is 1. The number of hydrogen-bond acceptors (Lipinski definition) is 2. The fourth-order valence-corrected chi connectivity index (χ4v) is 2.88. The summed E-state index contributed by atoms with van der Waals surface area (Å²) < 4.78 is 6.77. The van der Waals surface area contributed by atoms with E-state index >= 15 is 0 Å². The minimum absolute atomic E-state index is 0.565. The average molecular weight is 270 g/mol. The number of benzene rings is 1. The molecule has 1 aliphatic heterocycles. The molecule has 0 spiro atoms. The molecule has 2 nitrogen and oxygen atoms in total. The predicted octanol–water partition coefficient (Wildman–Crippen LogP) is 2.97. The average Bonchev–Trinajstić information content (AvgIpc) is 2.19. The molecular formula is C12H16BrNO. The normalized spacial score (nSPS) is 19.5. The lowest BCUT2D eigenvalue weighted by atomic mass is 9.89. The SMILES string of the molecule is Cc1cc(Br)c2c(c1)C(CCN)CCO2. The first kappa shape index (κ1) is 11.0. The van der Waals surface area contributed by atoms with E-state index in [1.807, 2.05) is 0 Å². The molecule has 15 heavy (non-hydrogen) atoms. The second-order valence-corrected chi connectivity index (χ2v) is 4.93. The molecule has 0 fully saturated rings.